The molecule has 0 aliphatic heterocycles. The van der Waals surface area contributed by atoms with Crippen molar-refractivity contribution in [2.45, 2.75) is 25.8 Å². The first-order valence-corrected chi connectivity index (χ1v) is 6.65. The number of aryl methyl sites for hydroxylation is 2. The zero-order chi connectivity index (χ0) is 13.7. The molecule has 19 heavy (non-hydrogen) atoms. The van der Waals surface area contributed by atoms with Gasteiger partial charge in [0.05, 0.1) is 6.20 Å². The van der Waals surface area contributed by atoms with Gasteiger partial charge in [-0.15, -0.1) is 0 Å². The molecule has 1 N–H and O–H groups in total. The summed E-state index contributed by atoms with van der Waals surface area (Å²) >= 11 is 0. The lowest BCUT2D eigenvalue weighted by molar-refractivity contribution is 0.511. The van der Waals surface area contributed by atoms with Crippen molar-refractivity contribution in [2.75, 3.05) is 6.54 Å². The first-order chi connectivity index (χ1) is 9.19. The summed E-state index contributed by atoms with van der Waals surface area (Å²) in [5, 5.41) is 7.57. The Labute approximate surface area is 113 Å². The fourth-order valence-electron chi connectivity index (χ4n) is 2.27. The number of hydrogen-bond acceptors (Lipinski definition) is 2. The molecule has 0 aliphatic rings. The van der Waals surface area contributed by atoms with Crippen molar-refractivity contribution in [1.29, 1.82) is 0 Å². The van der Waals surface area contributed by atoms with Gasteiger partial charge in [0, 0.05) is 19.3 Å². The molecule has 3 nitrogen and oxygen atoms in total. The molecule has 1 atom stereocenters. The van der Waals surface area contributed by atoms with E-state index in [1.807, 2.05) is 25.5 Å². The summed E-state index contributed by atoms with van der Waals surface area (Å²) in [4.78, 5) is 0. The number of halogens is 1. The van der Waals surface area contributed by atoms with E-state index >= 15 is 0 Å². The van der Waals surface area contributed by atoms with Crippen LogP contribution in [0.1, 0.15) is 30.5 Å². The number of hydrogen-bond donors (Lipinski definition) is 1. The molecule has 0 spiro atoms. The third kappa shape index (κ3) is 3.89. The molecule has 0 bridgehead atoms. The van der Waals surface area contributed by atoms with E-state index in [0.29, 0.717) is 0 Å². The highest BCUT2D eigenvalue weighted by Gasteiger charge is 2.11. The lowest BCUT2D eigenvalue weighted by Gasteiger charge is -2.18. The van der Waals surface area contributed by atoms with E-state index in [4.69, 9.17) is 0 Å². The number of aromatic nitrogens is 2. The van der Waals surface area contributed by atoms with Gasteiger partial charge in [-0.2, -0.15) is 5.10 Å². The number of nitrogens with one attached hydrogen (secondary N) is 1. The summed E-state index contributed by atoms with van der Waals surface area (Å²) in [6.45, 7) is 2.94. The van der Waals surface area contributed by atoms with E-state index in [1.54, 1.807) is 16.8 Å². The Morgan fingerprint density at radius 1 is 1.42 bits per heavy atom. The van der Waals surface area contributed by atoms with Gasteiger partial charge in [0.1, 0.15) is 5.82 Å². The van der Waals surface area contributed by atoms with Gasteiger partial charge in [0.15, 0.2) is 0 Å². The summed E-state index contributed by atoms with van der Waals surface area (Å²) in [6, 6.07) is 7.00. The van der Waals surface area contributed by atoms with Gasteiger partial charge in [-0.3, -0.25) is 4.68 Å². The first kappa shape index (κ1) is 13.7. The van der Waals surface area contributed by atoms with Crippen molar-refractivity contribution < 1.29 is 4.39 Å². The Balaban J connectivity index is 2.03. The van der Waals surface area contributed by atoms with Crippen LogP contribution in [0.25, 0.3) is 0 Å². The third-order valence-corrected chi connectivity index (χ3v) is 3.18. The van der Waals surface area contributed by atoms with E-state index in [9.17, 15) is 4.39 Å². The quantitative estimate of drug-likeness (QED) is 0.866. The van der Waals surface area contributed by atoms with Gasteiger partial charge >= 0.3 is 0 Å². The lowest BCUT2D eigenvalue weighted by atomic mass is 10.00. The van der Waals surface area contributed by atoms with Crippen LogP contribution in [0.4, 0.5) is 4.39 Å². The van der Waals surface area contributed by atoms with E-state index in [-0.39, 0.29) is 11.9 Å². The topological polar surface area (TPSA) is 29.9 Å². The van der Waals surface area contributed by atoms with Crippen LogP contribution in [0.3, 0.4) is 0 Å². The molecule has 0 fully saturated rings. The minimum Gasteiger partial charge on any atom is -0.310 e. The van der Waals surface area contributed by atoms with Crippen molar-refractivity contribution in [1.82, 2.24) is 15.1 Å². The van der Waals surface area contributed by atoms with E-state index in [1.165, 1.54) is 11.6 Å². The maximum Gasteiger partial charge on any atom is 0.123 e. The molecule has 1 heterocycles. The molecule has 0 radical (unpaired) electrons. The van der Waals surface area contributed by atoms with Crippen LogP contribution < -0.4 is 5.32 Å². The Hall–Kier alpha value is -1.68. The molecule has 0 saturated carbocycles. The maximum atomic E-state index is 13.3. The van der Waals surface area contributed by atoms with Crippen LogP contribution in [0.15, 0.2) is 36.7 Å². The zero-order valence-corrected chi connectivity index (χ0v) is 11.4. The average Bonchev–Trinajstić information content (AvgIpc) is 2.80. The highest BCUT2D eigenvalue weighted by molar-refractivity contribution is 5.20. The molecule has 4 heteroatoms. The normalized spacial score (nSPS) is 12.6. The highest BCUT2D eigenvalue weighted by Crippen LogP contribution is 2.20. The number of benzene rings is 1. The summed E-state index contributed by atoms with van der Waals surface area (Å²) in [5.74, 6) is -0.179. The summed E-state index contributed by atoms with van der Waals surface area (Å²) in [5.41, 5.74) is 2.22. The second-order valence-corrected chi connectivity index (χ2v) is 4.73. The molecule has 102 valence electrons. The maximum absolute atomic E-state index is 13.3. The molecule has 0 saturated heterocycles. The molecule has 2 rings (SSSR count). The highest BCUT2D eigenvalue weighted by atomic mass is 19.1. The Morgan fingerprint density at radius 2 is 2.26 bits per heavy atom. The van der Waals surface area contributed by atoms with E-state index in [0.717, 1.165) is 24.9 Å². The Morgan fingerprint density at radius 3 is 2.89 bits per heavy atom. The van der Waals surface area contributed by atoms with Gasteiger partial charge in [-0.1, -0.05) is 19.1 Å². The van der Waals surface area contributed by atoms with Crippen molar-refractivity contribution in [3.8, 4) is 0 Å². The van der Waals surface area contributed by atoms with Crippen LogP contribution in [0.5, 0.6) is 0 Å². The Kier molecular flexibility index (Phi) is 4.68. The minimum atomic E-state index is -0.179. The Bertz CT molecular complexity index is 522. The zero-order valence-electron chi connectivity index (χ0n) is 11.4. The summed E-state index contributed by atoms with van der Waals surface area (Å²) in [6.07, 6.45) is 5.77. The second-order valence-electron chi connectivity index (χ2n) is 4.73. The fraction of sp³-hybridized carbons (Fsp3) is 0.400. The van der Waals surface area contributed by atoms with Gasteiger partial charge < -0.3 is 5.32 Å². The van der Waals surface area contributed by atoms with Gasteiger partial charge in [-0.25, -0.2) is 4.39 Å². The molecule has 1 aromatic carbocycles. The molecule has 1 aromatic heterocycles. The number of nitrogens with zero attached hydrogens (tertiary/aromatic N) is 2. The van der Waals surface area contributed by atoms with Crippen molar-refractivity contribution in [3.63, 3.8) is 0 Å². The molecule has 0 amide bonds. The predicted molar refractivity (Wildman–Crippen MR) is 74.3 cm³/mol. The van der Waals surface area contributed by atoms with E-state index < -0.39 is 0 Å². The molecule has 2 aromatic rings. The first-order valence-electron chi connectivity index (χ1n) is 6.65. The lowest BCUT2D eigenvalue weighted by Crippen LogP contribution is -2.21. The van der Waals surface area contributed by atoms with Crippen LogP contribution in [-0.4, -0.2) is 16.3 Å². The monoisotopic (exact) mass is 261 g/mol. The molecular formula is C15H20FN3. The molecule has 1 unspecified atom stereocenters. The van der Waals surface area contributed by atoms with Crippen molar-refractivity contribution >= 4 is 0 Å². The largest absolute Gasteiger partial charge is 0.310 e. The molecule has 0 aliphatic carbocycles. The fourth-order valence-corrected chi connectivity index (χ4v) is 2.27. The van der Waals surface area contributed by atoms with Crippen LogP contribution in [0.2, 0.25) is 0 Å². The van der Waals surface area contributed by atoms with Crippen LogP contribution in [-0.2, 0) is 13.5 Å². The SMILES string of the molecule is CCNC(CCc1cnn(C)c1)c1cccc(F)c1. The third-order valence-electron chi connectivity index (χ3n) is 3.18. The van der Waals surface area contributed by atoms with Gasteiger partial charge in [-0.05, 0) is 42.6 Å². The minimum absolute atomic E-state index is 0.179. The average molecular weight is 261 g/mol. The van der Waals surface area contributed by atoms with Crippen LogP contribution in [0, 0.1) is 5.82 Å². The van der Waals surface area contributed by atoms with E-state index in [2.05, 4.69) is 17.3 Å². The van der Waals surface area contributed by atoms with Crippen LogP contribution >= 0.6 is 0 Å². The molecular weight excluding hydrogens is 241 g/mol. The van der Waals surface area contributed by atoms with Crippen molar-refractivity contribution in [2.24, 2.45) is 7.05 Å². The second kappa shape index (κ2) is 6.48. The summed E-state index contributed by atoms with van der Waals surface area (Å²) in [7, 11) is 1.91. The predicted octanol–water partition coefficient (Wildman–Crippen LogP) is 2.84. The smallest absolute Gasteiger partial charge is 0.123 e. The standard InChI is InChI=1S/C15H20FN3/c1-3-17-15(13-5-4-6-14(16)9-13)8-7-12-10-18-19(2)11-12/h4-6,9-11,15,17H,3,7-8H2,1-2H3. The van der Waals surface area contributed by atoms with Gasteiger partial charge in [0.2, 0.25) is 0 Å². The summed E-state index contributed by atoms with van der Waals surface area (Å²) < 4.78 is 15.1. The van der Waals surface area contributed by atoms with Crippen molar-refractivity contribution in [3.05, 3.63) is 53.6 Å². The van der Waals surface area contributed by atoms with Gasteiger partial charge in [0.25, 0.3) is 0 Å². The number of rotatable bonds is 6.